The molecule has 2 nitrogen and oxygen atoms in total. The Morgan fingerprint density at radius 2 is 2.05 bits per heavy atom. The van der Waals surface area contributed by atoms with Gasteiger partial charge in [0.25, 0.3) is 0 Å². The van der Waals surface area contributed by atoms with Gasteiger partial charge in [-0.05, 0) is 48.3 Å². The van der Waals surface area contributed by atoms with Crippen molar-refractivity contribution in [2.24, 2.45) is 0 Å². The van der Waals surface area contributed by atoms with Gasteiger partial charge in [-0.1, -0.05) is 6.07 Å². The van der Waals surface area contributed by atoms with Crippen LogP contribution in [0.5, 0.6) is 0 Å². The van der Waals surface area contributed by atoms with Gasteiger partial charge in [0, 0.05) is 11.4 Å². The van der Waals surface area contributed by atoms with E-state index in [9.17, 15) is 13.2 Å². The van der Waals surface area contributed by atoms with Gasteiger partial charge >= 0.3 is 6.18 Å². The quantitative estimate of drug-likeness (QED) is 0.669. The van der Waals surface area contributed by atoms with Gasteiger partial charge in [-0.25, -0.2) is 0 Å². The number of halogens is 3. The standard InChI is InChI=1S/C14H11F3N2S2/c15-14(16,17)9-3-4-12-11(8-9)18-13(20)19(12)6-5-10-2-1-7-21-10/h1-4,7-8H,5-6H2,(H,18,20). The summed E-state index contributed by atoms with van der Waals surface area (Å²) >= 11 is 6.87. The van der Waals surface area contributed by atoms with E-state index < -0.39 is 11.7 Å². The molecule has 0 saturated carbocycles. The third kappa shape index (κ3) is 2.89. The number of thiophene rings is 1. The van der Waals surface area contributed by atoms with Crippen molar-refractivity contribution in [2.45, 2.75) is 19.1 Å². The molecule has 3 aromatic rings. The van der Waals surface area contributed by atoms with Crippen molar-refractivity contribution in [2.75, 3.05) is 0 Å². The Morgan fingerprint density at radius 1 is 1.24 bits per heavy atom. The molecular weight excluding hydrogens is 317 g/mol. The van der Waals surface area contributed by atoms with E-state index in [1.165, 1.54) is 10.9 Å². The predicted octanol–water partition coefficient (Wildman–Crippen LogP) is 5.02. The van der Waals surface area contributed by atoms with Crippen molar-refractivity contribution in [3.8, 4) is 0 Å². The fourth-order valence-corrected chi connectivity index (χ4v) is 3.24. The van der Waals surface area contributed by atoms with Crippen LogP contribution >= 0.6 is 23.6 Å². The summed E-state index contributed by atoms with van der Waals surface area (Å²) in [5, 5.41) is 2.00. The zero-order valence-corrected chi connectivity index (χ0v) is 12.4. The zero-order valence-electron chi connectivity index (χ0n) is 10.8. The van der Waals surface area contributed by atoms with Crippen LogP contribution in [-0.2, 0) is 19.1 Å². The topological polar surface area (TPSA) is 20.7 Å². The van der Waals surface area contributed by atoms with Crippen molar-refractivity contribution < 1.29 is 13.2 Å². The first-order chi connectivity index (χ1) is 9.95. The van der Waals surface area contributed by atoms with E-state index in [1.807, 2.05) is 22.1 Å². The Morgan fingerprint density at radius 3 is 2.71 bits per heavy atom. The Kier molecular flexibility index (Phi) is 3.62. The van der Waals surface area contributed by atoms with Crippen LogP contribution in [0.15, 0.2) is 35.7 Å². The molecule has 0 aliphatic carbocycles. The first-order valence-electron chi connectivity index (χ1n) is 6.27. The van der Waals surface area contributed by atoms with Crippen LogP contribution < -0.4 is 0 Å². The average Bonchev–Trinajstić information content (AvgIpc) is 3.01. The number of hydrogen-bond donors (Lipinski definition) is 1. The summed E-state index contributed by atoms with van der Waals surface area (Å²) in [6.07, 6.45) is -3.54. The fraction of sp³-hybridized carbons (Fsp3) is 0.214. The summed E-state index contributed by atoms with van der Waals surface area (Å²) in [6, 6.07) is 7.67. The first-order valence-corrected chi connectivity index (χ1v) is 7.56. The number of imidazole rings is 1. The number of benzene rings is 1. The molecule has 0 radical (unpaired) electrons. The number of aromatic amines is 1. The second-order valence-corrected chi connectivity index (χ2v) is 6.06. The number of rotatable bonds is 3. The van der Waals surface area contributed by atoms with E-state index in [-0.39, 0.29) is 0 Å². The van der Waals surface area contributed by atoms with Crippen molar-refractivity contribution >= 4 is 34.6 Å². The minimum absolute atomic E-state index is 0.418. The van der Waals surface area contributed by atoms with Crippen LogP contribution in [0.3, 0.4) is 0 Å². The lowest BCUT2D eigenvalue weighted by Crippen LogP contribution is -2.05. The lowest BCUT2D eigenvalue weighted by atomic mass is 10.2. The largest absolute Gasteiger partial charge is 0.416 e. The Bertz CT molecular complexity index is 813. The van der Waals surface area contributed by atoms with Gasteiger partial charge in [-0.15, -0.1) is 11.3 Å². The highest BCUT2D eigenvalue weighted by Crippen LogP contribution is 2.31. The number of aromatic nitrogens is 2. The lowest BCUT2D eigenvalue weighted by Gasteiger charge is -2.07. The maximum Gasteiger partial charge on any atom is 0.416 e. The molecule has 2 aromatic heterocycles. The Hall–Kier alpha value is -1.60. The van der Waals surface area contributed by atoms with Crippen LogP contribution in [0.1, 0.15) is 10.4 Å². The summed E-state index contributed by atoms with van der Waals surface area (Å²) in [6.45, 7) is 0.644. The molecule has 0 aliphatic heterocycles. The molecule has 0 spiro atoms. The molecule has 21 heavy (non-hydrogen) atoms. The van der Waals surface area contributed by atoms with Gasteiger partial charge in [-0.3, -0.25) is 0 Å². The minimum Gasteiger partial charge on any atom is -0.331 e. The van der Waals surface area contributed by atoms with Crippen LogP contribution in [-0.4, -0.2) is 9.55 Å². The first kappa shape index (κ1) is 14.3. The fourth-order valence-electron chi connectivity index (χ4n) is 2.24. The molecular formula is C14H11F3N2S2. The molecule has 0 unspecified atom stereocenters. The maximum absolute atomic E-state index is 12.7. The highest BCUT2D eigenvalue weighted by molar-refractivity contribution is 7.71. The summed E-state index contributed by atoms with van der Waals surface area (Å²) in [7, 11) is 0. The van der Waals surface area contributed by atoms with Crippen LogP contribution in [0, 0.1) is 4.77 Å². The van der Waals surface area contributed by atoms with Gasteiger partial charge in [0.15, 0.2) is 4.77 Å². The van der Waals surface area contributed by atoms with Crippen molar-refractivity contribution in [3.63, 3.8) is 0 Å². The summed E-state index contributed by atoms with van der Waals surface area (Å²) in [5.41, 5.74) is 0.446. The van der Waals surface area contributed by atoms with Gasteiger partial charge in [0.05, 0.1) is 16.6 Å². The zero-order chi connectivity index (χ0) is 15.0. The third-order valence-corrected chi connectivity index (χ3v) is 4.52. The molecule has 2 heterocycles. The second-order valence-electron chi connectivity index (χ2n) is 4.64. The van der Waals surface area contributed by atoms with Gasteiger partial charge in [0.2, 0.25) is 0 Å². The lowest BCUT2D eigenvalue weighted by molar-refractivity contribution is -0.137. The van der Waals surface area contributed by atoms with E-state index in [4.69, 9.17) is 12.2 Å². The summed E-state index contributed by atoms with van der Waals surface area (Å²) in [5.74, 6) is 0. The maximum atomic E-state index is 12.7. The SMILES string of the molecule is FC(F)(F)c1ccc2c(c1)[nH]c(=S)n2CCc1cccs1. The highest BCUT2D eigenvalue weighted by atomic mass is 32.1. The monoisotopic (exact) mass is 328 g/mol. The molecule has 0 amide bonds. The van der Waals surface area contributed by atoms with Gasteiger partial charge in [-0.2, -0.15) is 13.2 Å². The number of nitrogens with one attached hydrogen (secondary N) is 1. The Balaban J connectivity index is 1.96. The molecule has 0 bridgehead atoms. The van der Waals surface area contributed by atoms with Crippen molar-refractivity contribution in [1.29, 1.82) is 0 Å². The van der Waals surface area contributed by atoms with E-state index in [2.05, 4.69) is 4.98 Å². The van der Waals surface area contributed by atoms with E-state index in [0.717, 1.165) is 18.6 Å². The molecule has 1 aromatic carbocycles. The molecule has 3 rings (SSSR count). The van der Waals surface area contributed by atoms with E-state index >= 15 is 0 Å². The molecule has 110 valence electrons. The van der Waals surface area contributed by atoms with E-state index in [1.54, 1.807) is 11.3 Å². The number of alkyl halides is 3. The second kappa shape index (κ2) is 5.31. The van der Waals surface area contributed by atoms with Crippen LogP contribution in [0.4, 0.5) is 13.2 Å². The molecule has 1 N–H and O–H groups in total. The average molecular weight is 328 g/mol. The third-order valence-electron chi connectivity index (χ3n) is 3.26. The number of nitrogens with zero attached hydrogens (tertiary/aromatic N) is 1. The number of aryl methyl sites for hydroxylation is 2. The molecule has 0 saturated heterocycles. The van der Waals surface area contributed by atoms with Crippen molar-refractivity contribution in [1.82, 2.24) is 9.55 Å². The van der Waals surface area contributed by atoms with Gasteiger partial charge < -0.3 is 9.55 Å². The predicted molar refractivity (Wildman–Crippen MR) is 80.1 cm³/mol. The molecule has 0 fully saturated rings. The smallest absolute Gasteiger partial charge is 0.331 e. The van der Waals surface area contributed by atoms with Crippen molar-refractivity contribution in [3.05, 3.63) is 50.9 Å². The number of hydrogen-bond acceptors (Lipinski definition) is 2. The summed E-state index contributed by atoms with van der Waals surface area (Å²) < 4.78 is 40.4. The minimum atomic E-state index is -4.34. The van der Waals surface area contributed by atoms with Gasteiger partial charge in [0.1, 0.15) is 0 Å². The highest BCUT2D eigenvalue weighted by Gasteiger charge is 2.30. The Labute approximate surface area is 127 Å². The van der Waals surface area contributed by atoms with E-state index in [0.29, 0.717) is 22.3 Å². The number of fused-ring (bicyclic) bond motifs is 1. The number of H-pyrrole nitrogens is 1. The molecule has 0 atom stereocenters. The molecule has 7 heteroatoms. The van der Waals surface area contributed by atoms with Crippen LogP contribution in [0.2, 0.25) is 0 Å². The van der Waals surface area contributed by atoms with Crippen LogP contribution in [0.25, 0.3) is 11.0 Å². The molecule has 0 aliphatic rings. The normalized spacial score (nSPS) is 12.1. The summed E-state index contributed by atoms with van der Waals surface area (Å²) in [4.78, 5) is 4.07.